The van der Waals surface area contributed by atoms with E-state index in [0.29, 0.717) is 18.9 Å². The standard InChI is InChI=1S/C13H26N2OS/c1-3-13(4-2,10-14)15-12(16)9-11-5-7-17-8-6-11/h11H,3-10,14H2,1-2H3,(H,15,16). The van der Waals surface area contributed by atoms with E-state index in [1.807, 2.05) is 11.8 Å². The van der Waals surface area contributed by atoms with E-state index >= 15 is 0 Å². The Kier molecular flexibility index (Phi) is 6.34. The van der Waals surface area contributed by atoms with Crippen molar-refractivity contribution in [2.45, 2.75) is 51.5 Å². The molecule has 0 radical (unpaired) electrons. The van der Waals surface area contributed by atoms with E-state index < -0.39 is 0 Å². The van der Waals surface area contributed by atoms with Gasteiger partial charge in [0.05, 0.1) is 5.54 Å². The van der Waals surface area contributed by atoms with Gasteiger partial charge in [0.2, 0.25) is 5.91 Å². The molecule has 17 heavy (non-hydrogen) atoms. The first-order valence-corrected chi connectivity index (χ1v) is 7.90. The second kappa shape index (κ2) is 7.27. The minimum absolute atomic E-state index is 0.180. The molecule has 100 valence electrons. The van der Waals surface area contributed by atoms with E-state index in [2.05, 4.69) is 19.2 Å². The van der Waals surface area contributed by atoms with Gasteiger partial charge in [-0.05, 0) is 43.1 Å². The first-order chi connectivity index (χ1) is 8.15. The van der Waals surface area contributed by atoms with Crippen molar-refractivity contribution >= 4 is 17.7 Å². The molecule has 0 aliphatic carbocycles. The van der Waals surface area contributed by atoms with E-state index in [1.165, 1.54) is 24.3 Å². The maximum Gasteiger partial charge on any atom is 0.220 e. The molecule has 0 spiro atoms. The molecular formula is C13H26N2OS. The second-order valence-electron chi connectivity index (χ2n) is 5.00. The lowest BCUT2D eigenvalue weighted by Crippen LogP contribution is -2.53. The number of carbonyl (C=O) groups is 1. The monoisotopic (exact) mass is 258 g/mol. The van der Waals surface area contributed by atoms with Crippen LogP contribution in [0.25, 0.3) is 0 Å². The van der Waals surface area contributed by atoms with Gasteiger partial charge in [-0.1, -0.05) is 13.8 Å². The summed E-state index contributed by atoms with van der Waals surface area (Å²) in [6.07, 6.45) is 4.87. The lowest BCUT2D eigenvalue weighted by Gasteiger charge is -2.32. The summed E-state index contributed by atoms with van der Waals surface area (Å²) in [5.41, 5.74) is 5.61. The van der Waals surface area contributed by atoms with Crippen LogP contribution in [0, 0.1) is 5.92 Å². The molecule has 1 aliphatic rings. The number of rotatable bonds is 6. The highest BCUT2D eigenvalue weighted by Crippen LogP contribution is 2.25. The van der Waals surface area contributed by atoms with Crippen LogP contribution in [0.15, 0.2) is 0 Å². The van der Waals surface area contributed by atoms with E-state index in [9.17, 15) is 4.79 Å². The van der Waals surface area contributed by atoms with Gasteiger partial charge in [-0.25, -0.2) is 0 Å². The topological polar surface area (TPSA) is 55.1 Å². The van der Waals surface area contributed by atoms with Crippen LogP contribution >= 0.6 is 11.8 Å². The molecule has 1 saturated heterocycles. The predicted molar refractivity (Wildman–Crippen MR) is 75.2 cm³/mol. The number of thioether (sulfide) groups is 1. The molecule has 3 nitrogen and oxygen atoms in total. The van der Waals surface area contributed by atoms with Crippen LogP contribution in [0.3, 0.4) is 0 Å². The van der Waals surface area contributed by atoms with Crippen molar-refractivity contribution in [2.24, 2.45) is 11.7 Å². The fourth-order valence-electron chi connectivity index (χ4n) is 2.33. The third-order valence-corrected chi connectivity index (χ3v) is 5.01. The number of nitrogens with one attached hydrogen (secondary N) is 1. The number of hydrogen-bond acceptors (Lipinski definition) is 3. The Hall–Kier alpha value is -0.220. The summed E-state index contributed by atoms with van der Waals surface area (Å²) in [4.78, 5) is 12.0. The molecule has 0 aromatic rings. The third-order valence-electron chi connectivity index (χ3n) is 3.96. The van der Waals surface area contributed by atoms with Crippen LogP contribution in [0.1, 0.15) is 46.0 Å². The Balaban J connectivity index is 2.41. The Bertz CT molecular complexity index is 227. The van der Waals surface area contributed by atoms with Gasteiger partial charge in [-0.2, -0.15) is 11.8 Å². The smallest absolute Gasteiger partial charge is 0.220 e. The number of carbonyl (C=O) groups excluding carboxylic acids is 1. The minimum Gasteiger partial charge on any atom is -0.349 e. The van der Waals surface area contributed by atoms with Crippen LogP contribution in [0.4, 0.5) is 0 Å². The van der Waals surface area contributed by atoms with Crippen LogP contribution in [-0.4, -0.2) is 29.5 Å². The summed E-state index contributed by atoms with van der Waals surface area (Å²) in [5, 5.41) is 3.16. The van der Waals surface area contributed by atoms with Crippen LogP contribution in [0.5, 0.6) is 0 Å². The summed E-state index contributed by atoms with van der Waals surface area (Å²) >= 11 is 2.00. The van der Waals surface area contributed by atoms with Crippen LogP contribution in [0.2, 0.25) is 0 Å². The van der Waals surface area contributed by atoms with Crippen LogP contribution in [-0.2, 0) is 4.79 Å². The van der Waals surface area contributed by atoms with Gasteiger partial charge in [-0.3, -0.25) is 4.79 Å². The lowest BCUT2D eigenvalue weighted by atomic mass is 9.91. The maximum absolute atomic E-state index is 12.0. The van der Waals surface area contributed by atoms with E-state index in [1.54, 1.807) is 0 Å². The SMILES string of the molecule is CCC(CC)(CN)NC(=O)CC1CCSCC1. The molecule has 0 aromatic carbocycles. The van der Waals surface area contributed by atoms with Crippen molar-refractivity contribution in [3.05, 3.63) is 0 Å². The minimum atomic E-state index is -0.180. The highest BCUT2D eigenvalue weighted by atomic mass is 32.2. The maximum atomic E-state index is 12.0. The van der Waals surface area contributed by atoms with Crippen molar-refractivity contribution in [3.8, 4) is 0 Å². The Morgan fingerprint density at radius 1 is 1.35 bits per heavy atom. The molecule has 0 aromatic heterocycles. The Labute approximate surface area is 109 Å². The molecule has 4 heteroatoms. The van der Waals surface area contributed by atoms with E-state index in [-0.39, 0.29) is 11.4 Å². The highest BCUT2D eigenvalue weighted by molar-refractivity contribution is 7.99. The van der Waals surface area contributed by atoms with E-state index in [0.717, 1.165) is 12.8 Å². The quantitative estimate of drug-likeness (QED) is 0.767. The normalized spacial score (nSPS) is 18.1. The van der Waals surface area contributed by atoms with Crippen molar-refractivity contribution in [3.63, 3.8) is 0 Å². The zero-order valence-corrected chi connectivity index (χ0v) is 11.9. The van der Waals surface area contributed by atoms with Crippen molar-refractivity contribution in [2.75, 3.05) is 18.1 Å². The summed E-state index contributed by atoms with van der Waals surface area (Å²) in [7, 11) is 0. The summed E-state index contributed by atoms with van der Waals surface area (Å²) < 4.78 is 0. The van der Waals surface area contributed by atoms with Crippen molar-refractivity contribution in [1.29, 1.82) is 0 Å². The predicted octanol–water partition coefficient (Wildman–Crippen LogP) is 2.15. The van der Waals surface area contributed by atoms with Crippen molar-refractivity contribution in [1.82, 2.24) is 5.32 Å². The molecule has 0 unspecified atom stereocenters. The largest absolute Gasteiger partial charge is 0.349 e. The molecule has 0 saturated carbocycles. The Morgan fingerprint density at radius 2 is 1.94 bits per heavy atom. The number of hydrogen-bond donors (Lipinski definition) is 2. The zero-order chi connectivity index (χ0) is 12.7. The summed E-state index contributed by atoms with van der Waals surface area (Å²) in [5.74, 6) is 3.19. The molecule has 1 amide bonds. The molecule has 3 N–H and O–H groups in total. The molecule has 0 atom stereocenters. The third kappa shape index (κ3) is 4.51. The molecule has 1 rings (SSSR count). The number of nitrogens with two attached hydrogens (primary N) is 1. The van der Waals surface area contributed by atoms with Crippen LogP contribution < -0.4 is 11.1 Å². The fraction of sp³-hybridized carbons (Fsp3) is 0.923. The van der Waals surface area contributed by atoms with Crippen molar-refractivity contribution < 1.29 is 4.79 Å². The first-order valence-electron chi connectivity index (χ1n) is 6.74. The van der Waals surface area contributed by atoms with Gasteiger partial charge < -0.3 is 11.1 Å². The molecular weight excluding hydrogens is 232 g/mol. The molecule has 1 heterocycles. The average molecular weight is 258 g/mol. The Morgan fingerprint density at radius 3 is 2.41 bits per heavy atom. The summed E-state index contributed by atoms with van der Waals surface area (Å²) in [6.45, 7) is 4.72. The zero-order valence-electron chi connectivity index (χ0n) is 11.1. The summed E-state index contributed by atoms with van der Waals surface area (Å²) in [6, 6.07) is 0. The molecule has 1 aliphatic heterocycles. The van der Waals surface area contributed by atoms with Gasteiger partial charge in [0.25, 0.3) is 0 Å². The fourth-order valence-corrected chi connectivity index (χ4v) is 3.53. The molecule has 1 fully saturated rings. The van der Waals surface area contributed by atoms with Gasteiger partial charge in [0, 0.05) is 13.0 Å². The molecule has 0 bridgehead atoms. The van der Waals surface area contributed by atoms with Gasteiger partial charge >= 0.3 is 0 Å². The van der Waals surface area contributed by atoms with Gasteiger partial charge in [-0.15, -0.1) is 0 Å². The second-order valence-corrected chi connectivity index (χ2v) is 6.22. The first kappa shape index (κ1) is 14.8. The highest BCUT2D eigenvalue weighted by Gasteiger charge is 2.27. The van der Waals surface area contributed by atoms with Gasteiger partial charge in [0.15, 0.2) is 0 Å². The van der Waals surface area contributed by atoms with Gasteiger partial charge in [0.1, 0.15) is 0 Å². The number of amides is 1. The average Bonchev–Trinajstić information content (AvgIpc) is 2.37. The lowest BCUT2D eigenvalue weighted by molar-refractivity contribution is -0.124. The van der Waals surface area contributed by atoms with E-state index in [4.69, 9.17) is 5.73 Å².